The minimum atomic E-state index is -0.342. The number of benzene rings is 1. The number of fused-ring (bicyclic) bond motifs is 1. The molecule has 0 radical (unpaired) electrons. The zero-order chi connectivity index (χ0) is 18.1. The predicted molar refractivity (Wildman–Crippen MR) is 91.0 cm³/mol. The summed E-state index contributed by atoms with van der Waals surface area (Å²) in [6, 6.07) is 6.11. The molecule has 2 saturated heterocycles. The largest absolute Gasteiger partial charge is 0.419 e. The van der Waals surface area contributed by atoms with Gasteiger partial charge in [0.1, 0.15) is 11.9 Å². The first-order chi connectivity index (χ1) is 12.6. The Morgan fingerprint density at radius 2 is 2.31 bits per heavy atom. The number of likely N-dealkylation sites (tertiary alicyclic amines) is 1. The fraction of sp³-hybridized carbons (Fsp3) is 0.471. The number of hydrogen-bond donors (Lipinski definition) is 3. The number of likely N-dealkylation sites (N-methyl/N-ethyl adjacent to an activating group) is 1. The van der Waals surface area contributed by atoms with Crippen LogP contribution in [0.15, 0.2) is 28.7 Å². The summed E-state index contributed by atoms with van der Waals surface area (Å²) in [5.41, 5.74) is 6.87. The molecule has 3 N–H and O–H groups in total. The third-order valence-corrected chi connectivity index (χ3v) is 5.02. The third-order valence-electron chi connectivity index (χ3n) is 5.02. The van der Waals surface area contributed by atoms with Gasteiger partial charge in [-0.15, -0.1) is 10.2 Å². The van der Waals surface area contributed by atoms with Crippen LogP contribution in [0, 0.1) is 11.7 Å². The fourth-order valence-electron chi connectivity index (χ4n) is 3.68. The van der Waals surface area contributed by atoms with Gasteiger partial charge in [0, 0.05) is 37.7 Å². The molecule has 9 heteroatoms. The number of aromatic nitrogens is 2. The highest BCUT2D eigenvalue weighted by Crippen LogP contribution is 2.26. The van der Waals surface area contributed by atoms with Crippen LogP contribution in [0.1, 0.15) is 12.3 Å². The van der Waals surface area contributed by atoms with Crippen LogP contribution in [0.2, 0.25) is 0 Å². The van der Waals surface area contributed by atoms with E-state index < -0.39 is 0 Å². The lowest BCUT2D eigenvalue weighted by Gasteiger charge is -2.34. The van der Waals surface area contributed by atoms with Gasteiger partial charge >= 0.3 is 0 Å². The van der Waals surface area contributed by atoms with Crippen molar-refractivity contribution < 1.29 is 13.6 Å². The van der Waals surface area contributed by atoms with Crippen LogP contribution in [0.25, 0.3) is 11.5 Å². The maximum absolute atomic E-state index is 13.3. The SMILES string of the molecule is CNC(=O)C1NNC2CCN(Cc3nnc(-c4cccc(F)c4)o3)CC21. The number of nitrogens with one attached hydrogen (secondary N) is 3. The van der Waals surface area contributed by atoms with E-state index in [0.717, 1.165) is 19.5 Å². The van der Waals surface area contributed by atoms with Gasteiger partial charge in [-0.3, -0.25) is 15.1 Å². The molecule has 1 aromatic carbocycles. The van der Waals surface area contributed by atoms with E-state index in [0.29, 0.717) is 23.9 Å². The molecule has 2 aliphatic heterocycles. The van der Waals surface area contributed by atoms with E-state index in [1.165, 1.54) is 12.1 Å². The normalized spacial score (nSPS) is 25.8. The molecule has 4 rings (SSSR count). The first-order valence-corrected chi connectivity index (χ1v) is 8.67. The lowest BCUT2D eigenvalue weighted by Crippen LogP contribution is -2.49. The summed E-state index contributed by atoms with van der Waals surface area (Å²) in [6.07, 6.45) is 0.927. The summed E-state index contributed by atoms with van der Waals surface area (Å²) < 4.78 is 19.0. The molecule has 3 heterocycles. The van der Waals surface area contributed by atoms with Gasteiger partial charge in [0.05, 0.1) is 6.54 Å². The molecule has 1 aromatic heterocycles. The van der Waals surface area contributed by atoms with Crippen molar-refractivity contribution in [3.05, 3.63) is 36.0 Å². The summed E-state index contributed by atoms with van der Waals surface area (Å²) in [4.78, 5) is 14.2. The molecular weight excluding hydrogens is 339 g/mol. The third kappa shape index (κ3) is 3.33. The molecule has 3 unspecified atom stereocenters. The van der Waals surface area contributed by atoms with Crippen LogP contribution in [0.4, 0.5) is 4.39 Å². The van der Waals surface area contributed by atoms with E-state index >= 15 is 0 Å². The molecule has 0 saturated carbocycles. The van der Waals surface area contributed by atoms with Crippen molar-refractivity contribution in [3.8, 4) is 11.5 Å². The van der Waals surface area contributed by atoms with Crippen LogP contribution in [-0.4, -0.2) is 53.2 Å². The Balaban J connectivity index is 1.43. The molecule has 2 aromatic rings. The monoisotopic (exact) mass is 360 g/mol. The van der Waals surface area contributed by atoms with E-state index in [9.17, 15) is 9.18 Å². The van der Waals surface area contributed by atoms with Gasteiger partial charge in [0.15, 0.2) is 0 Å². The second kappa shape index (κ2) is 7.10. The van der Waals surface area contributed by atoms with Crippen LogP contribution >= 0.6 is 0 Å². The van der Waals surface area contributed by atoms with Crippen molar-refractivity contribution in [1.29, 1.82) is 0 Å². The molecule has 138 valence electrons. The van der Waals surface area contributed by atoms with E-state index in [4.69, 9.17) is 4.42 Å². The molecule has 2 aliphatic rings. The Labute approximate surface area is 150 Å². The van der Waals surface area contributed by atoms with Gasteiger partial charge in [-0.1, -0.05) is 6.07 Å². The fourth-order valence-corrected chi connectivity index (χ4v) is 3.68. The minimum Gasteiger partial charge on any atom is -0.419 e. The number of rotatable bonds is 4. The zero-order valence-electron chi connectivity index (χ0n) is 14.4. The first-order valence-electron chi connectivity index (χ1n) is 8.67. The topological polar surface area (TPSA) is 95.3 Å². The Morgan fingerprint density at radius 3 is 3.12 bits per heavy atom. The minimum absolute atomic E-state index is 0.0157. The summed E-state index contributed by atoms with van der Waals surface area (Å²) in [5.74, 6) is 0.609. The smallest absolute Gasteiger partial charge is 0.247 e. The van der Waals surface area contributed by atoms with Crippen molar-refractivity contribution in [3.63, 3.8) is 0 Å². The Bertz CT molecular complexity index is 797. The summed E-state index contributed by atoms with van der Waals surface area (Å²) in [7, 11) is 1.64. The molecule has 0 spiro atoms. The maximum Gasteiger partial charge on any atom is 0.247 e. The number of nitrogens with zero attached hydrogens (tertiary/aromatic N) is 3. The van der Waals surface area contributed by atoms with Crippen LogP contribution in [0.3, 0.4) is 0 Å². The van der Waals surface area contributed by atoms with Gasteiger partial charge < -0.3 is 9.73 Å². The highest BCUT2D eigenvalue weighted by atomic mass is 19.1. The van der Waals surface area contributed by atoms with Gasteiger partial charge in [0.25, 0.3) is 0 Å². The predicted octanol–water partition coefficient (Wildman–Crippen LogP) is 0.289. The van der Waals surface area contributed by atoms with Crippen molar-refractivity contribution in [2.75, 3.05) is 20.1 Å². The highest BCUT2D eigenvalue weighted by molar-refractivity contribution is 5.82. The average Bonchev–Trinajstić information content (AvgIpc) is 3.28. The maximum atomic E-state index is 13.3. The molecule has 0 aliphatic carbocycles. The molecule has 26 heavy (non-hydrogen) atoms. The van der Waals surface area contributed by atoms with Gasteiger partial charge in [-0.2, -0.15) is 0 Å². The standard InChI is InChI=1S/C17H21FN6O2/c1-19-16(25)15-12-8-24(6-5-13(12)20-22-15)9-14-21-23-17(26-14)10-3-2-4-11(18)7-10/h2-4,7,12-13,15,20,22H,5-6,8-9H2,1H3,(H,19,25). The van der Waals surface area contributed by atoms with Crippen molar-refractivity contribution in [1.82, 2.24) is 31.3 Å². The van der Waals surface area contributed by atoms with Crippen molar-refractivity contribution in [2.24, 2.45) is 5.92 Å². The van der Waals surface area contributed by atoms with E-state index in [1.54, 1.807) is 19.2 Å². The second-order valence-corrected chi connectivity index (χ2v) is 6.69. The Morgan fingerprint density at radius 1 is 1.42 bits per heavy atom. The first kappa shape index (κ1) is 17.1. The number of halogens is 1. The van der Waals surface area contributed by atoms with Crippen molar-refractivity contribution in [2.45, 2.75) is 25.0 Å². The lowest BCUT2D eigenvalue weighted by atomic mass is 9.88. The summed E-state index contributed by atoms with van der Waals surface area (Å²) in [5, 5.41) is 10.8. The second-order valence-electron chi connectivity index (χ2n) is 6.69. The van der Waals surface area contributed by atoms with Gasteiger partial charge in [-0.25, -0.2) is 9.82 Å². The number of amides is 1. The van der Waals surface area contributed by atoms with Gasteiger partial charge in [-0.05, 0) is 24.6 Å². The summed E-state index contributed by atoms with van der Waals surface area (Å²) >= 11 is 0. The molecule has 8 nitrogen and oxygen atoms in total. The molecule has 3 atom stereocenters. The molecule has 2 fully saturated rings. The summed E-state index contributed by atoms with van der Waals surface area (Å²) in [6.45, 7) is 2.13. The molecule has 1 amide bonds. The van der Waals surface area contributed by atoms with Crippen LogP contribution < -0.4 is 16.2 Å². The number of hydrazine groups is 1. The van der Waals surface area contributed by atoms with E-state index in [1.807, 2.05) is 0 Å². The highest BCUT2D eigenvalue weighted by Gasteiger charge is 2.43. The van der Waals surface area contributed by atoms with E-state index in [2.05, 4.69) is 31.3 Å². The van der Waals surface area contributed by atoms with Gasteiger partial charge in [0.2, 0.25) is 17.7 Å². The molecule has 0 bridgehead atoms. The number of piperidine rings is 1. The zero-order valence-corrected chi connectivity index (χ0v) is 14.4. The Hall–Kier alpha value is -2.36. The number of hydrogen-bond acceptors (Lipinski definition) is 7. The van der Waals surface area contributed by atoms with Crippen LogP contribution in [0.5, 0.6) is 0 Å². The number of carbonyl (C=O) groups is 1. The Kier molecular flexibility index (Phi) is 4.66. The van der Waals surface area contributed by atoms with E-state index in [-0.39, 0.29) is 29.7 Å². The average molecular weight is 360 g/mol. The molecular formula is C17H21FN6O2. The van der Waals surface area contributed by atoms with Crippen molar-refractivity contribution >= 4 is 5.91 Å². The number of carbonyl (C=O) groups excluding carboxylic acids is 1. The quantitative estimate of drug-likeness (QED) is 0.721. The van der Waals surface area contributed by atoms with Crippen LogP contribution in [-0.2, 0) is 11.3 Å². The lowest BCUT2D eigenvalue weighted by molar-refractivity contribution is -0.123.